The smallest absolute Gasteiger partial charge is 0.262 e. The average molecular weight is 471 g/mol. The zero-order valence-electron chi connectivity index (χ0n) is 18.1. The quantitative estimate of drug-likeness (QED) is 0.374. The third kappa shape index (κ3) is 4.92. The van der Waals surface area contributed by atoms with Gasteiger partial charge in [0.1, 0.15) is 17.5 Å². The average Bonchev–Trinajstić information content (AvgIpc) is 3.29. The van der Waals surface area contributed by atoms with Crippen molar-refractivity contribution in [3.63, 3.8) is 0 Å². The Morgan fingerprint density at radius 3 is 2.36 bits per heavy atom. The number of H-pyrrole nitrogens is 1. The van der Waals surface area contributed by atoms with Gasteiger partial charge < -0.3 is 4.74 Å². The molecular formula is C23H26N4O5S. The SMILES string of the molecule is CC1CCCCN(S(=O)(=O)c2ccc(Oc3ccc(-c4ccn[nH]4)cc3)cc2)C1C(=O)NO. The number of benzene rings is 2. The van der Waals surface area contributed by atoms with Gasteiger partial charge in [0.05, 0.1) is 10.6 Å². The van der Waals surface area contributed by atoms with Gasteiger partial charge in [0.2, 0.25) is 10.0 Å². The van der Waals surface area contributed by atoms with Crippen molar-refractivity contribution in [1.29, 1.82) is 0 Å². The third-order valence-corrected chi connectivity index (χ3v) is 7.74. The largest absolute Gasteiger partial charge is 0.457 e. The molecule has 0 radical (unpaired) electrons. The van der Waals surface area contributed by atoms with Crippen LogP contribution in [0.3, 0.4) is 0 Å². The third-order valence-electron chi connectivity index (χ3n) is 5.85. The Kier molecular flexibility index (Phi) is 6.77. The molecule has 1 fully saturated rings. The zero-order chi connectivity index (χ0) is 23.4. The molecule has 1 aromatic heterocycles. The summed E-state index contributed by atoms with van der Waals surface area (Å²) in [4.78, 5) is 12.3. The first kappa shape index (κ1) is 23.0. The lowest BCUT2D eigenvalue weighted by molar-refractivity contribution is -0.134. The predicted molar refractivity (Wildman–Crippen MR) is 121 cm³/mol. The van der Waals surface area contributed by atoms with Crippen molar-refractivity contribution in [3.8, 4) is 22.8 Å². The van der Waals surface area contributed by atoms with Crippen LogP contribution in [0.25, 0.3) is 11.3 Å². The Morgan fingerprint density at radius 2 is 1.76 bits per heavy atom. The fraction of sp³-hybridized carbons (Fsp3) is 0.304. The minimum Gasteiger partial charge on any atom is -0.457 e. The summed E-state index contributed by atoms with van der Waals surface area (Å²) in [5.41, 5.74) is 3.49. The molecule has 10 heteroatoms. The summed E-state index contributed by atoms with van der Waals surface area (Å²) in [6.45, 7) is 2.04. The lowest BCUT2D eigenvalue weighted by atomic mass is 9.97. The van der Waals surface area contributed by atoms with Gasteiger partial charge >= 0.3 is 0 Å². The van der Waals surface area contributed by atoms with E-state index in [0.29, 0.717) is 24.3 Å². The molecule has 1 aliphatic heterocycles. The van der Waals surface area contributed by atoms with Crippen LogP contribution in [0.4, 0.5) is 0 Å². The Balaban J connectivity index is 1.52. The molecule has 1 amide bonds. The number of amides is 1. The molecule has 0 bridgehead atoms. The summed E-state index contributed by atoms with van der Waals surface area (Å²) in [6.07, 6.45) is 3.85. The molecule has 2 unspecified atom stereocenters. The van der Waals surface area contributed by atoms with Gasteiger partial charge in [-0.15, -0.1) is 0 Å². The van der Waals surface area contributed by atoms with Gasteiger partial charge in [-0.1, -0.05) is 13.3 Å². The van der Waals surface area contributed by atoms with Crippen molar-refractivity contribution < 1.29 is 23.2 Å². The second-order valence-corrected chi connectivity index (χ2v) is 9.97. The van der Waals surface area contributed by atoms with E-state index in [1.165, 1.54) is 16.4 Å². The highest BCUT2D eigenvalue weighted by Crippen LogP contribution is 2.30. The van der Waals surface area contributed by atoms with E-state index in [0.717, 1.165) is 17.7 Å². The number of aromatic nitrogens is 2. The van der Waals surface area contributed by atoms with E-state index in [2.05, 4.69) is 10.2 Å². The van der Waals surface area contributed by atoms with Gasteiger partial charge in [0.25, 0.3) is 5.91 Å². The van der Waals surface area contributed by atoms with E-state index < -0.39 is 22.0 Å². The molecule has 9 nitrogen and oxygen atoms in total. The fourth-order valence-corrected chi connectivity index (χ4v) is 5.83. The highest BCUT2D eigenvalue weighted by atomic mass is 32.2. The number of nitrogens with one attached hydrogen (secondary N) is 2. The van der Waals surface area contributed by atoms with Crippen LogP contribution >= 0.6 is 0 Å². The van der Waals surface area contributed by atoms with Gasteiger partial charge in [-0.05, 0) is 78.9 Å². The Hall–Kier alpha value is -3.21. The zero-order valence-corrected chi connectivity index (χ0v) is 19.0. The summed E-state index contributed by atoms with van der Waals surface area (Å²) in [5, 5.41) is 16.0. The van der Waals surface area contributed by atoms with Crippen molar-refractivity contribution in [2.45, 2.75) is 37.1 Å². The Bertz CT molecular complexity index is 1180. The van der Waals surface area contributed by atoms with Crippen LogP contribution in [-0.2, 0) is 14.8 Å². The number of carbonyl (C=O) groups is 1. The van der Waals surface area contributed by atoms with Crippen molar-refractivity contribution in [2.24, 2.45) is 5.92 Å². The number of aromatic amines is 1. The second kappa shape index (κ2) is 9.74. The van der Waals surface area contributed by atoms with Crippen LogP contribution < -0.4 is 10.2 Å². The van der Waals surface area contributed by atoms with Gasteiger partial charge in [-0.25, -0.2) is 13.9 Å². The molecule has 1 aliphatic rings. The summed E-state index contributed by atoms with van der Waals surface area (Å²) in [5.74, 6) is 0.153. The normalized spacial score (nSPS) is 19.6. The van der Waals surface area contributed by atoms with E-state index in [1.54, 1.807) is 23.8 Å². The summed E-state index contributed by atoms with van der Waals surface area (Å²) < 4.78 is 33.7. The Morgan fingerprint density at radius 1 is 1.09 bits per heavy atom. The first-order chi connectivity index (χ1) is 15.9. The summed E-state index contributed by atoms with van der Waals surface area (Å²) in [7, 11) is -3.95. The number of sulfonamides is 1. The Labute approximate surface area is 192 Å². The summed E-state index contributed by atoms with van der Waals surface area (Å²) in [6, 6.07) is 14.4. The van der Waals surface area contributed by atoms with E-state index in [4.69, 9.17) is 9.94 Å². The lowest BCUT2D eigenvalue weighted by Crippen LogP contribution is -2.51. The number of ether oxygens (including phenoxy) is 1. The van der Waals surface area contributed by atoms with E-state index in [-0.39, 0.29) is 17.4 Å². The van der Waals surface area contributed by atoms with Crippen molar-refractivity contribution >= 4 is 15.9 Å². The van der Waals surface area contributed by atoms with E-state index in [9.17, 15) is 13.2 Å². The molecule has 3 aromatic rings. The van der Waals surface area contributed by atoms with Gasteiger partial charge in [-0.2, -0.15) is 9.40 Å². The van der Waals surface area contributed by atoms with Crippen molar-refractivity contribution in [1.82, 2.24) is 20.0 Å². The molecule has 3 N–H and O–H groups in total. The molecule has 0 saturated carbocycles. The second-order valence-electron chi connectivity index (χ2n) is 8.08. The lowest BCUT2D eigenvalue weighted by Gasteiger charge is -2.30. The predicted octanol–water partition coefficient (Wildman–Crippen LogP) is 3.55. The molecule has 4 rings (SSSR count). The number of hydrogen-bond donors (Lipinski definition) is 3. The van der Waals surface area contributed by atoms with Crippen molar-refractivity contribution in [3.05, 3.63) is 60.8 Å². The van der Waals surface area contributed by atoms with Crippen LogP contribution in [0.5, 0.6) is 11.5 Å². The molecule has 2 atom stereocenters. The first-order valence-corrected chi connectivity index (χ1v) is 12.2. The highest BCUT2D eigenvalue weighted by Gasteiger charge is 2.40. The monoisotopic (exact) mass is 470 g/mol. The fourth-order valence-electron chi connectivity index (χ4n) is 4.11. The van der Waals surface area contributed by atoms with Crippen LogP contribution in [0.1, 0.15) is 26.2 Å². The highest BCUT2D eigenvalue weighted by molar-refractivity contribution is 7.89. The minimum atomic E-state index is -3.95. The van der Waals surface area contributed by atoms with Crippen molar-refractivity contribution in [2.75, 3.05) is 6.54 Å². The topological polar surface area (TPSA) is 125 Å². The summed E-state index contributed by atoms with van der Waals surface area (Å²) >= 11 is 0. The van der Waals surface area contributed by atoms with E-state index in [1.807, 2.05) is 37.3 Å². The molecule has 0 spiro atoms. The van der Waals surface area contributed by atoms with Crippen LogP contribution in [0.15, 0.2) is 65.7 Å². The van der Waals surface area contributed by atoms with Gasteiger partial charge in [0, 0.05) is 12.7 Å². The number of hydroxylamine groups is 1. The molecule has 2 aromatic carbocycles. The molecule has 174 valence electrons. The standard InChI is InChI=1S/C23H26N4O5S/c1-16-4-2-3-15-27(22(16)23(28)26-29)33(30,31)20-11-9-19(10-12-20)32-18-7-5-17(6-8-18)21-13-14-24-25-21/h5-14,16,22,29H,2-4,15H2,1H3,(H,24,25)(H,26,28). The van der Waals surface area contributed by atoms with Gasteiger partial charge in [-0.3, -0.25) is 15.1 Å². The molecule has 33 heavy (non-hydrogen) atoms. The maximum absolute atomic E-state index is 13.4. The molecule has 2 heterocycles. The molecular weight excluding hydrogens is 444 g/mol. The maximum atomic E-state index is 13.4. The molecule has 0 aliphatic carbocycles. The molecule has 1 saturated heterocycles. The maximum Gasteiger partial charge on any atom is 0.262 e. The van der Waals surface area contributed by atoms with Crippen LogP contribution in [-0.4, -0.2) is 46.6 Å². The van der Waals surface area contributed by atoms with E-state index >= 15 is 0 Å². The van der Waals surface area contributed by atoms with Gasteiger partial charge in [0.15, 0.2) is 0 Å². The number of nitrogens with zero attached hydrogens (tertiary/aromatic N) is 2. The van der Waals surface area contributed by atoms with Crippen LogP contribution in [0, 0.1) is 5.92 Å². The first-order valence-electron chi connectivity index (χ1n) is 10.7. The number of hydrogen-bond acceptors (Lipinski definition) is 6. The number of rotatable bonds is 6. The number of carbonyl (C=O) groups excluding carboxylic acids is 1. The minimum absolute atomic E-state index is 0.0642. The van der Waals surface area contributed by atoms with Crippen LogP contribution in [0.2, 0.25) is 0 Å².